The Hall–Kier alpha value is -2.15. The molecular formula is C13H9F4NO2. The summed E-state index contributed by atoms with van der Waals surface area (Å²) >= 11 is 0. The zero-order chi connectivity index (χ0) is 14.7. The Balaban J connectivity index is 2.45. The molecule has 20 heavy (non-hydrogen) atoms. The molecule has 106 valence electrons. The van der Waals surface area contributed by atoms with E-state index in [0.29, 0.717) is 5.56 Å². The van der Waals surface area contributed by atoms with Gasteiger partial charge in [0.25, 0.3) is 11.9 Å². The Bertz CT molecular complexity index is 608. The number of halogens is 4. The molecule has 0 aliphatic heterocycles. The summed E-state index contributed by atoms with van der Waals surface area (Å²) in [5.74, 6) is -8.24. The van der Waals surface area contributed by atoms with Crippen molar-refractivity contribution < 1.29 is 27.4 Å². The van der Waals surface area contributed by atoms with Gasteiger partial charge in [0.15, 0.2) is 0 Å². The van der Waals surface area contributed by atoms with Crippen LogP contribution in [0.15, 0.2) is 24.3 Å². The fourth-order valence-corrected chi connectivity index (χ4v) is 1.60. The van der Waals surface area contributed by atoms with E-state index in [1.807, 2.05) is 0 Å². The van der Waals surface area contributed by atoms with Crippen molar-refractivity contribution in [1.29, 1.82) is 0 Å². The number of rotatable bonds is 4. The van der Waals surface area contributed by atoms with Crippen molar-refractivity contribution in [2.75, 3.05) is 6.61 Å². The molecule has 0 amide bonds. The second-order valence-corrected chi connectivity index (χ2v) is 3.83. The van der Waals surface area contributed by atoms with Gasteiger partial charge in [-0.3, -0.25) is 0 Å². The molecule has 1 N–H and O–H groups in total. The molecular weight excluding hydrogens is 278 g/mol. The Kier molecular flexibility index (Phi) is 4.19. The van der Waals surface area contributed by atoms with E-state index in [9.17, 15) is 17.6 Å². The summed E-state index contributed by atoms with van der Waals surface area (Å²) in [5, 5.41) is 8.87. The van der Waals surface area contributed by atoms with Gasteiger partial charge < -0.3 is 9.84 Å². The molecule has 1 aromatic heterocycles. The first-order valence-electron chi connectivity index (χ1n) is 5.61. The molecule has 2 rings (SSSR count). The van der Waals surface area contributed by atoms with Crippen molar-refractivity contribution in [3.63, 3.8) is 0 Å². The SMILES string of the molecule is OCCc1ccccc1Oc1c(F)c(F)nc(F)c1F. The predicted octanol–water partition coefficient (Wildman–Crippen LogP) is 2.97. The molecule has 0 spiro atoms. The molecule has 0 fully saturated rings. The topological polar surface area (TPSA) is 42.4 Å². The van der Waals surface area contributed by atoms with Crippen LogP contribution in [0.25, 0.3) is 0 Å². The third-order valence-corrected chi connectivity index (χ3v) is 2.52. The van der Waals surface area contributed by atoms with E-state index < -0.39 is 29.3 Å². The van der Waals surface area contributed by atoms with Crippen LogP contribution in [0.3, 0.4) is 0 Å². The van der Waals surface area contributed by atoms with Crippen LogP contribution in [0, 0.1) is 23.5 Å². The highest BCUT2D eigenvalue weighted by atomic mass is 19.2. The number of aliphatic hydroxyl groups is 1. The summed E-state index contributed by atoms with van der Waals surface area (Å²) < 4.78 is 57.7. The van der Waals surface area contributed by atoms with Gasteiger partial charge in [-0.05, 0) is 18.1 Å². The van der Waals surface area contributed by atoms with Crippen molar-refractivity contribution in [1.82, 2.24) is 4.98 Å². The first-order chi connectivity index (χ1) is 9.54. The summed E-state index contributed by atoms with van der Waals surface area (Å²) in [5.41, 5.74) is 0.437. The van der Waals surface area contributed by atoms with Crippen LogP contribution in [0.4, 0.5) is 17.6 Å². The molecule has 0 atom stereocenters. The number of benzene rings is 1. The Morgan fingerprint density at radius 1 is 1.00 bits per heavy atom. The van der Waals surface area contributed by atoms with Gasteiger partial charge in [0, 0.05) is 6.61 Å². The van der Waals surface area contributed by atoms with Crippen LogP contribution in [0.5, 0.6) is 11.5 Å². The van der Waals surface area contributed by atoms with E-state index in [1.54, 1.807) is 12.1 Å². The minimum absolute atomic E-state index is 0.00986. The number of pyridine rings is 1. The maximum atomic E-state index is 13.4. The molecule has 0 saturated heterocycles. The van der Waals surface area contributed by atoms with E-state index >= 15 is 0 Å². The Morgan fingerprint density at radius 3 is 2.20 bits per heavy atom. The minimum Gasteiger partial charge on any atom is -0.451 e. The van der Waals surface area contributed by atoms with Gasteiger partial charge in [0.2, 0.25) is 17.4 Å². The molecule has 0 radical (unpaired) electrons. The van der Waals surface area contributed by atoms with Crippen LogP contribution in [-0.2, 0) is 6.42 Å². The second kappa shape index (κ2) is 5.87. The average Bonchev–Trinajstić information content (AvgIpc) is 2.43. The number of nitrogens with zero attached hydrogens (tertiary/aromatic N) is 1. The first kappa shape index (κ1) is 14.3. The van der Waals surface area contributed by atoms with E-state index in [1.165, 1.54) is 12.1 Å². The number of hydrogen-bond acceptors (Lipinski definition) is 3. The van der Waals surface area contributed by atoms with Crippen LogP contribution in [0.2, 0.25) is 0 Å². The van der Waals surface area contributed by atoms with Crippen molar-refractivity contribution in [3.05, 3.63) is 53.4 Å². The lowest BCUT2D eigenvalue weighted by Gasteiger charge is -2.11. The van der Waals surface area contributed by atoms with Crippen molar-refractivity contribution in [2.45, 2.75) is 6.42 Å². The molecule has 1 heterocycles. The fourth-order valence-electron chi connectivity index (χ4n) is 1.60. The largest absolute Gasteiger partial charge is 0.451 e. The molecule has 2 aromatic rings. The summed E-state index contributed by atoms with van der Waals surface area (Å²) in [6, 6.07) is 6.05. The number of aliphatic hydroxyl groups excluding tert-OH is 1. The average molecular weight is 287 g/mol. The molecule has 3 nitrogen and oxygen atoms in total. The van der Waals surface area contributed by atoms with Gasteiger partial charge in [-0.15, -0.1) is 0 Å². The lowest BCUT2D eigenvalue weighted by Crippen LogP contribution is -2.04. The number of aromatic nitrogens is 1. The first-order valence-corrected chi connectivity index (χ1v) is 5.61. The zero-order valence-corrected chi connectivity index (χ0v) is 10.0. The number of ether oxygens (including phenoxy) is 1. The third kappa shape index (κ3) is 2.72. The summed E-state index contributed by atoms with van der Waals surface area (Å²) in [7, 11) is 0. The Labute approximate surface area is 111 Å². The van der Waals surface area contributed by atoms with Crippen LogP contribution in [0.1, 0.15) is 5.56 Å². The molecule has 0 unspecified atom stereocenters. The van der Waals surface area contributed by atoms with Crippen molar-refractivity contribution >= 4 is 0 Å². The van der Waals surface area contributed by atoms with E-state index in [0.717, 1.165) is 0 Å². The molecule has 0 saturated carbocycles. The van der Waals surface area contributed by atoms with E-state index in [-0.39, 0.29) is 18.8 Å². The maximum absolute atomic E-state index is 13.4. The van der Waals surface area contributed by atoms with E-state index in [2.05, 4.69) is 4.98 Å². The molecule has 1 aromatic carbocycles. The molecule has 7 heteroatoms. The monoisotopic (exact) mass is 287 g/mol. The van der Waals surface area contributed by atoms with Gasteiger partial charge >= 0.3 is 0 Å². The smallest absolute Gasteiger partial charge is 0.255 e. The predicted molar refractivity (Wildman–Crippen MR) is 61.4 cm³/mol. The van der Waals surface area contributed by atoms with Crippen LogP contribution >= 0.6 is 0 Å². The quantitative estimate of drug-likeness (QED) is 0.694. The van der Waals surface area contributed by atoms with Crippen molar-refractivity contribution in [2.24, 2.45) is 0 Å². The summed E-state index contributed by atoms with van der Waals surface area (Å²) in [4.78, 5) is 2.43. The standard InChI is InChI=1S/C13H9F4NO2/c14-9-11(10(15)13(17)18-12(9)16)20-8-4-2-1-3-7(8)5-6-19/h1-4,19H,5-6H2. The highest BCUT2D eigenvalue weighted by Gasteiger charge is 2.23. The highest BCUT2D eigenvalue weighted by Crippen LogP contribution is 2.31. The van der Waals surface area contributed by atoms with Crippen LogP contribution < -0.4 is 4.74 Å². The van der Waals surface area contributed by atoms with Gasteiger partial charge in [0.05, 0.1) is 0 Å². The fraction of sp³-hybridized carbons (Fsp3) is 0.154. The van der Waals surface area contributed by atoms with E-state index in [4.69, 9.17) is 9.84 Å². The lowest BCUT2D eigenvalue weighted by atomic mass is 10.1. The molecule has 0 aliphatic rings. The minimum atomic E-state index is -1.79. The van der Waals surface area contributed by atoms with Gasteiger partial charge in [-0.2, -0.15) is 22.5 Å². The van der Waals surface area contributed by atoms with Gasteiger partial charge in [-0.1, -0.05) is 18.2 Å². The number of hydrogen-bond donors (Lipinski definition) is 1. The Morgan fingerprint density at radius 2 is 1.60 bits per heavy atom. The van der Waals surface area contributed by atoms with Gasteiger partial charge in [0.1, 0.15) is 5.75 Å². The second-order valence-electron chi connectivity index (χ2n) is 3.83. The molecule has 0 aliphatic carbocycles. The van der Waals surface area contributed by atoms with Crippen LogP contribution in [-0.4, -0.2) is 16.7 Å². The highest BCUT2D eigenvalue weighted by molar-refractivity contribution is 5.38. The maximum Gasteiger partial charge on any atom is 0.255 e. The molecule has 0 bridgehead atoms. The summed E-state index contributed by atoms with van der Waals surface area (Å²) in [6.07, 6.45) is 0.162. The van der Waals surface area contributed by atoms with Gasteiger partial charge in [-0.25, -0.2) is 0 Å². The number of para-hydroxylation sites is 1. The normalized spacial score (nSPS) is 10.7. The zero-order valence-electron chi connectivity index (χ0n) is 10.0. The summed E-state index contributed by atoms with van der Waals surface area (Å²) in [6.45, 7) is -0.218. The lowest BCUT2D eigenvalue weighted by molar-refractivity contribution is 0.296. The van der Waals surface area contributed by atoms with Crippen molar-refractivity contribution in [3.8, 4) is 11.5 Å². The third-order valence-electron chi connectivity index (χ3n) is 2.52.